The number of carbonyl (C=O) groups is 1. The Hall–Kier alpha value is -0.930. The van der Waals surface area contributed by atoms with Crippen molar-refractivity contribution in [2.45, 2.75) is 6.92 Å². The quantitative estimate of drug-likeness (QED) is 0.759. The van der Waals surface area contributed by atoms with Gasteiger partial charge in [0.2, 0.25) is 5.78 Å². The van der Waals surface area contributed by atoms with Crippen LogP contribution in [0.25, 0.3) is 0 Å². The fourth-order valence-corrected chi connectivity index (χ4v) is 2.71. The average Bonchev–Trinajstić information content (AvgIpc) is 2.67. The molecule has 0 saturated heterocycles. The zero-order valence-corrected chi connectivity index (χ0v) is 10.6. The second-order valence-electron chi connectivity index (χ2n) is 3.32. The maximum Gasteiger partial charge on any atom is 0.202 e. The van der Waals surface area contributed by atoms with Crippen LogP contribution in [0.4, 0.5) is 0 Å². The van der Waals surface area contributed by atoms with E-state index in [4.69, 9.17) is 0 Å². The minimum atomic E-state index is 0.0920. The Morgan fingerprint density at radius 1 is 1.33 bits per heavy atom. The van der Waals surface area contributed by atoms with Crippen LogP contribution in [0.5, 0.6) is 0 Å². The van der Waals surface area contributed by atoms with Crippen molar-refractivity contribution < 1.29 is 4.79 Å². The lowest BCUT2D eigenvalue weighted by Gasteiger charge is -2.01. The zero-order valence-electron chi connectivity index (χ0n) is 8.16. The molecule has 1 heterocycles. The third-order valence-corrected chi connectivity index (χ3v) is 3.38. The van der Waals surface area contributed by atoms with Gasteiger partial charge >= 0.3 is 0 Å². The normalized spacial score (nSPS) is 10.3. The summed E-state index contributed by atoms with van der Waals surface area (Å²) in [6.07, 6.45) is 0. The largest absolute Gasteiger partial charge is 0.288 e. The molecule has 0 aliphatic carbocycles. The van der Waals surface area contributed by atoms with Crippen LogP contribution in [-0.4, -0.2) is 5.78 Å². The molecule has 0 radical (unpaired) electrons. The number of aryl methyl sites for hydroxylation is 1. The summed E-state index contributed by atoms with van der Waals surface area (Å²) in [4.78, 5) is 12.8. The van der Waals surface area contributed by atoms with E-state index >= 15 is 0 Å². The number of thiophene rings is 1. The van der Waals surface area contributed by atoms with Gasteiger partial charge in [0, 0.05) is 10.0 Å². The lowest BCUT2D eigenvalue weighted by molar-refractivity contribution is 0.104. The van der Waals surface area contributed by atoms with E-state index in [-0.39, 0.29) is 5.78 Å². The highest BCUT2D eigenvalue weighted by Gasteiger charge is 2.10. The minimum Gasteiger partial charge on any atom is -0.288 e. The molecule has 76 valence electrons. The molecule has 1 nitrogen and oxygen atoms in total. The van der Waals surface area contributed by atoms with Crippen molar-refractivity contribution in [3.8, 4) is 0 Å². The van der Waals surface area contributed by atoms with Gasteiger partial charge in [0.05, 0.1) is 4.88 Å². The molecule has 0 N–H and O–H groups in total. The highest BCUT2D eigenvalue weighted by atomic mass is 79.9. The maximum absolute atomic E-state index is 12.0. The molecule has 3 heteroatoms. The van der Waals surface area contributed by atoms with Crippen molar-refractivity contribution in [2.75, 3.05) is 0 Å². The molecule has 0 aliphatic rings. The minimum absolute atomic E-state index is 0.0920. The molecular formula is C12H9BrOS. The fraction of sp³-hybridized carbons (Fsp3) is 0.0833. The van der Waals surface area contributed by atoms with E-state index in [0.717, 1.165) is 20.5 Å². The van der Waals surface area contributed by atoms with Gasteiger partial charge in [-0.25, -0.2) is 0 Å². The van der Waals surface area contributed by atoms with Crippen LogP contribution in [0.2, 0.25) is 0 Å². The molecule has 0 saturated carbocycles. The molecule has 1 aromatic carbocycles. The SMILES string of the molecule is Cc1cc(Br)cc(C(=O)c2cccs2)c1. The van der Waals surface area contributed by atoms with Gasteiger partial charge in [-0.3, -0.25) is 4.79 Å². The number of ketones is 1. The van der Waals surface area contributed by atoms with Gasteiger partial charge in [-0.2, -0.15) is 0 Å². The summed E-state index contributed by atoms with van der Waals surface area (Å²) in [7, 11) is 0. The molecule has 0 amide bonds. The van der Waals surface area contributed by atoms with Gasteiger partial charge in [-0.1, -0.05) is 22.0 Å². The van der Waals surface area contributed by atoms with Crippen molar-refractivity contribution >= 4 is 33.0 Å². The van der Waals surface area contributed by atoms with Gasteiger partial charge in [0.15, 0.2) is 0 Å². The van der Waals surface area contributed by atoms with Crippen LogP contribution in [0.15, 0.2) is 40.2 Å². The highest BCUT2D eigenvalue weighted by molar-refractivity contribution is 9.10. The predicted octanol–water partition coefficient (Wildman–Crippen LogP) is 4.05. The van der Waals surface area contributed by atoms with E-state index in [0.29, 0.717) is 0 Å². The predicted molar refractivity (Wildman–Crippen MR) is 66.6 cm³/mol. The second kappa shape index (κ2) is 4.29. The Balaban J connectivity index is 2.42. The van der Waals surface area contributed by atoms with Crippen molar-refractivity contribution in [3.05, 3.63) is 56.2 Å². The van der Waals surface area contributed by atoms with Crippen molar-refractivity contribution in [3.63, 3.8) is 0 Å². The fourth-order valence-electron chi connectivity index (χ4n) is 1.42. The molecule has 0 unspecified atom stereocenters. The molecule has 0 bridgehead atoms. The Morgan fingerprint density at radius 3 is 2.73 bits per heavy atom. The topological polar surface area (TPSA) is 17.1 Å². The summed E-state index contributed by atoms with van der Waals surface area (Å²) in [6.45, 7) is 1.98. The summed E-state index contributed by atoms with van der Waals surface area (Å²) >= 11 is 4.87. The van der Waals surface area contributed by atoms with Crippen LogP contribution < -0.4 is 0 Å². The van der Waals surface area contributed by atoms with Gasteiger partial charge in [0.25, 0.3) is 0 Å². The Labute approximate surface area is 101 Å². The van der Waals surface area contributed by atoms with Crippen LogP contribution in [-0.2, 0) is 0 Å². The number of halogens is 1. The summed E-state index contributed by atoms with van der Waals surface area (Å²) in [5.41, 5.74) is 1.83. The van der Waals surface area contributed by atoms with Crippen molar-refractivity contribution in [2.24, 2.45) is 0 Å². The van der Waals surface area contributed by atoms with Crippen LogP contribution in [0.1, 0.15) is 20.8 Å². The number of hydrogen-bond acceptors (Lipinski definition) is 2. The van der Waals surface area contributed by atoms with Crippen LogP contribution in [0, 0.1) is 6.92 Å². The monoisotopic (exact) mass is 280 g/mol. The lowest BCUT2D eigenvalue weighted by atomic mass is 10.1. The van der Waals surface area contributed by atoms with Crippen LogP contribution >= 0.6 is 27.3 Å². The maximum atomic E-state index is 12.0. The molecule has 0 atom stereocenters. The standard InChI is InChI=1S/C12H9BrOS/c1-8-5-9(7-10(13)6-8)12(14)11-3-2-4-15-11/h2-7H,1H3. The van der Waals surface area contributed by atoms with E-state index in [9.17, 15) is 4.79 Å². The number of benzene rings is 1. The van der Waals surface area contributed by atoms with E-state index in [1.165, 1.54) is 11.3 Å². The summed E-state index contributed by atoms with van der Waals surface area (Å²) < 4.78 is 0.947. The number of carbonyl (C=O) groups excluding carboxylic acids is 1. The smallest absolute Gasteiger partial charge is 0.202 e. The second-order valence-corrected chi connectivity index (χ2v) is 5.19. The first kappa shape index (κ1) is 10.6. The Kier molecular flexibility index (Phi) is 3.03. The number of rotatable bonds is 2. The zero-order chi connectivity index (χ0) is 10.8. The third kappa shape index (κ3) is 2.36. The lowest BCUT2D eigenvalue weighted by Crippen LogP contribution is -1.98. The molecule has 15 heavy (non-hydrogen) atoms. The summed E-state index contributed by atoms with van der Waals surface area (Å²) in [5, 5.41) is 1.91. The van der Waals surface area contributed by atoms with E-state index in [1.807, 2.05) is 42.6 Å². The summed E-state index contributed by atoms with van der Waals surface area (Å²) in [5.74, 6) is 0.0920. The number of hydrogen-bond donors (Lipinski definition) is 0. The molecular weight excluding hydrogens is 272 g/mol. The average molecular weight is 281 g/mol. The molecule has 2 rings (SSSR count). The van der Waals surface area contributed by atoms with Gasteiger partial charge in [0.1, 0.15) is 0 Å². The highest BCUT2D eigenvalue weighted by Crippen LogP contribution is 2.20. The molecule has 0 aliphatic heterocycles. The first-order valence-electron chi connectivity index (χ1n) is 4.52. The van der Waals surface area contributed by atoms with Gasteiger partial charge in [-0.05, 0) is 42.1 Å². The first-order valence-corrected chi connectivity index (χ1v) is 6.19. The Morgan fingerprint density at radius 2 is 2.13 bits per heavy atom. The molecule has 1 aromatic heterocycles. The molecule has 2 aromatic rings. The van der Waals surface area contributed by atoms with Crippen LogP contribution in [0.3, 0.4) is 0 Å². The van der Waals surface area contributed by atoms with Crippen molar-refractivity contribution in [1.29, 1.82) is 0 Å². The summed E-state index contributed by atoms with van der Waals surface area (Å²) in [6, 6.07) is 9.50. The van der Waals surface area contributed by atoms with E-state index in [2.05, 4.69) is 15.9 Å². The van der Waals surface area contributed by atoms with Gasteiger partial charge in [-0.15, -0.1) is 11.3 Å². The van der Waals surface area contributed by atoms with E-state index in [1.54, 1.807) is 0 Å². The Bertz CT molecular complexity index is 468. The van der Waals surface area contributed by atoms with E-state index < -0.39 is 0 Å². The van der Waals surface area contributed by atoms with Crippen molar-refractivity contribution in [1.82, 2.24) is 0 Å². The van der Waals surface area contributed by atoms with Gasteiger partial charge < -0.3 is 0 Å². The third-order valence-electron chi connectivity index (χ3n) is 2.05. The molecule has 0 spiro atoms. The molecule has 0 fully saturated rings. The first-order chi connectivity index (χ1) is 7.16.